The van der Waals surface area contributed by atoms with E-state index in [9.17, 15) is 4.79 Å². The second kappa shape index (κ2) is 6.58. The van der Waals surface area contributed by atoms with Crippen molar-refractivity contribution in [2.24, 2.45) is 11.8 Å². The van der Waals surface area contributed by atoms with Gasteiger partial charge in [0.1, 0.15) is 0 Å². The van der Waals surface area contributed by atoms with E-state index in [1.807, 2.05) is 12.3 Å². The molecule has 0 bridgehead atoms. The molecule has 1 aliphatic rings. The topological polar surface area (TPSA) is 54.0 Å². The molecule has 0 saturated carbocycles. The van der Waals surface area contributed by atoms with Gasteiger partial charge in [-0.05, 0) is 31.0 Å². The molecule has 1 saturated heterocycles. The van der Waals surface area contributed by atoms with Gasteiger partial charge in [-0.3, -0.25) is 4.79 Å². The maximum absolute atomic E-state index is 12.2. The Kier molecular flexibility index (Phi) is 4.55. The molecule has 4 nitrogen and oxygen atoms in total. The van der Waals surface area contributed by atoms with Crippen molar-refractivity contribution in [3.8, 4) is 11.3 Å². The summed E-state index contributed by atoms with van der Waals surface area (Å²) in [4.78, 5) is 16.7. The first-order valence-corrected chi connectivity index (χ1v) is 8.61. The van der Waals surface area contributed by atoms with Crippen molar-refractivity contribution in [2.45, 2.75) is 20.3 Å². The van der Waals surface area contributed by atoms with Crippen molar-refractivity contribution in [3.05, 3.63) is 35.2 Å². The number of hydrogen-bond donors (Lipinski definition) is 2. The average Bonchev–Trinajstić information content (AvgIpc) is 2.94. The molecule has 1 aromatic heterocycles. The lowest BCUT2D eigenvalue weighted by Crippen LogP contribution is -2.48. The fourth-order valence-electron chi connectivity index (χ4n) is 2.47. The Labute approximate surface area is 135 Å². The van der Waals surface area contributed by atoms with Gasteiger partial charge in [0.25, 0.3) is 0 Å². The first-order chi connectivity index (χ1) is 10.7. The molecule has 3 rings (SSSR count). The monoisotopic (exact) mass is 315 g/mol. The van der Waals surface area contributed by atoms with E-state index in [0.29, 0.717) is 11.0 Å². The number of amides is 1. The Bertz CT molecular complexity index is 646. The second-order valence-electron chi connectivity index (χ2n) is 5.78. The number of benzene rings is 1. The van der Waals surface area contributed by atoms with Gasteiger partial charge in [0.05, 0.1) is 5.69 Å². The van der Waals surface area contributed by atoms with Crippen molar-refractivity contribution in [2.75, 3.05) is 18.4 Å². The SMILES string of the molecule is CCc1ccc(-c2csc(NC(=O)C(C)C3CNC3)n2)cc1. The van der Waals surface area contributed by atoms with Crippen molar-refractivity contribution in [1.82, 2.24) is 10.3 Å². The third-order valence-electron chi connectivity index (χ3n) is 4.33. The van der Waals surface area contributed by atoms with Crippen LogP contribution in [-0.2, 0) is 11.2 Å². The van der Waals surface area contributed by atoms with E-state index in [2.05, 4.69) is 46.8 Å². The summed E-state index contributed by atoms with van der Waals surface area (Å²) in [7, 11) is 0. The summed E-state index contributed by atoms with van der Waals surface area (Å²) in [6.07, 6.45) is 1.03. The summed E-state index contributed by atoms with van der Waals surface area (Å²) in [5, 5.41) is 8.82. The van der Waals surface area contributed by atoms with Gasteiger partial charge in [0.15, 0.2) is 5.13 Å². The molecule has 1 amide bonds. The fourth-order valence-corrected chi connectivity index (χ4v) is 3.20. The van der Waals surface area contributed by atoms with Crippen molar-refractivity contribution in [3.63, 3.8) is 0 Å². The molecule has 2 heterocycles. The first kappa shape index (κ1) is 15.2. The standard InChI is InChI=1S/C17H21N3OS/c1-3-12-4-6-13(7-5-12)15-10-22-17(19-15)20-16(21)11(2)14-8-18-9-14/h4-7,10-11,14,18H,3,8-9H2,1-2H3,(H,19,20,21). The van der Waals surface area contributed by atoms with Crippen LogP contribution in [-0.4, -0.2) is 24.0 Å². The number of aryl methyl sites for hydroxylation is 1. The van der Waals surface area contributed by atoms with Gasteiger partial charge in [0, 0.05) is 16.9 Å². The summed E-state index contributed by atoms with van der Waals surface area (Å²) >= 11 is 1.48. The predicted molar refractivity (Wildman–Crippen MR) is 91.1 cm³/mol. The highest BCUT2D eigenvalue weighted by molar-refractivity contribution is 7.14. The average molecular weight is 315 g/mol. The van der Waals surface area contributed by atoms with E-state index < -0.39 is 0 Å². The third kappa shape index (κ3) is 3.20. The molecule has 0 aliphatic carbocycles. The van der Waals surface area contributed by atoms with Gasteiger partial charge in [0.2, 0.25) is 5.91 Å². The summed E-state index contributed by atoms with van der Waals surface area (Å²) in [5.74, 6) is 0.534. The number of hydrogen-bond acceptors (Lipinski definition) is 4. The first-order valence-electron chi connectivity index (χ1n) is 7.73. The minimum absolute atomic E-state index is 0.0254. The number of aromatic nitrogens is 1. The Hall–Kier alpha value is -1.72. The lowest BCUT2D eigenvalue weighted by atomic mass is 9.88. The molecule has 22 heavy (non-hydrogen) atoms. The number of carbonyl (C=O) groups is 1. The molecule has 1 fully saturated rings. The van der Waals surface area contributed by atoms with Crippen LogP contribution >= 0.6 is 11.3 Å². The lowest BCUT2D eigenvalue weighted by Gasteiger charge is -2.31. The Morgan fingerprint density at radius 2 is 2.14 bits per heavy atom. The fraction of sp³-hybridized carbons (Fsp3) is 0.412. The summed E-state index contributed by atoms with van der Waals surface area (Å²) < 4.78 is 0. The van der Waals surface area contributed by atoms with E-state index in [4.69, 9.17) is 0 Å². The maximum Gasteiger partial charge on any atom is 0.229 e. The molecule has 1 unspecified atom stereocenters. The van der Waals surface area contributed by atoms with Crippen LogP contribution in [0.15, 0.2) is 29.6 Å². The number of carbonyl (C=O) groups excluding carboxylic acids is 1. The molecule has 116 valence electrons. The normalized spacial score (nSPS) is 16.1. The highest BCUT2D eigenvalue weighted by Crippen LogP contribution is 2.26. The summed E-state index contributed by atoms with van der Waals surface area (Å²) in [6, 6.07) is 8.42. The van der Waals surface area contributed by atoms with E-state index in [1.165, 1.54) is 16.9 Å². The largest absolute Gasteiger partial charge is 0.316 e. The van der Waals surface area contributed by atoms with Crippen molar-refractivity contribution < 1.29 is 4.79 Å². The zero-order valence-electron chi connectivity index (χ0n) is 12.9. The van der Waals surface area contributed by atoms with Crippen LogP contribution in [0.1, 0.15) is 19.4 Å². The second-order valence-corrected chi connectivity index (χ2v) is 6.64. The van der Waals surface area contributed by atoms with Gasteiger partial charge in [-0.15, -0.1) is 11.3 Å². The molecular weight excluding hydrogens is 294 g/mol. The van der Waals surface area contributed by atoms with Crippen LogP contribution in [0.3, 0.4) is 0 Å². The number of nitrogens with zero attached hydrogens (tertiary/aromatic N) is 1. The van der Waals surface area contributed by atoms with Crippen LogP contribution in [0, 0.1) is 11.8 Å². The molecule has 0 spiro atoms. The van der Waals surface area contributed by atoms with Gasteiger partial charge >= 0.3 is 0 Å². The van der Waals surface area contributed by atoms with Crippen molar-refractivity contribution >= 4 is 22.4 Å². The molecular formula is C17H21N3OS. The van der Waals surface area contributed by atoms with Gasteiger partial charge in [-0.25, -0.2) is 4.98 Å². The van der Waals surface area contributed by atoms with Crippen LogP contribution in [0.5, 0.6) is 0 Å². The Morgan fingerprint density at radius 3 is 2.73 bits per heavy atom. The van der Waals surface area contributed by atoms with Crippen LogP contribution in [0.4, 0.5) is 5.13 Å². The third-order valence-corrected chi connectivity index (χ3v) is 5.08. The van der Waals surface area contributed by atoms with Gasteiger partial charge < -0.3 is 10.6 Å². The zero-order valence-corrected chi connectivity index (χ0v) is 13.7. The molecule has 0 radical (unpaired) electrons. The van der Waals surface area contributed by atoms with Crippen molar-refractivity contribution in [1.29, 1.82) is 0 Å². The molecule has 2 N–H and O–H groups in total. The predicted octanol–water partition coefficient (Wildman–Crippen LogP) is 3.17. The summed E-state index contributed by atoms with van der Waals surface area (Å²) in [6.45, 7) is 5.99. The van der Waals surface area contributed by atoms with E-state index >= 15 is 0 Å². The van der Waals surface area contributed by atoms with Gasteiger partial charge in [-0.1, -0.05) is 38.1 Å². The maximum atomic E-state index is 12.2. The van der Waals surface area contributed by atoms with Crippen LogP contribution in [0.2, 0.25) is 0 Å². The molecule has 1 aliphatic heterocycles. The molecule has 1 atom stereocenters. The van der Waals surface area contributed by atoms with E-state index in [0.717, 1.165) is 30.8 Å². The number of nitrogens with one attached hydrogen (secondary N) is 2. The molecule has 2 aromatic rings. The van der Waals surface area contributed by atoms with Gasteiger partial charge in [-0.2, -0.15) is 0 Å². The quantitative estimate of drug-likeness (QED) is 0.891. The molecule has 5 heteroatoms. The number of anilines is 1. The lowest BCUT2D eigenvalue weighted by molar-refractivity contribution is -0.121. The Morgan fingerprint density at radius 1 is 1.41 bits per heavy atom. The highest BCUT2D eigenvalue weighted by atomic mass is 32.1. The molecule has 1 aromatic carbocycles. The van der Waals surface area contributed by atoms with E-state index in [-0.39, 0.29) is 11.8 Å². The number of thiazole rings is 1. The Balaban J connectivity index is 1.66. The van der Waals surface area contributed by atoms with Crippen LogP contribution < -0.4 is 10.6 Å². The summed E-state index contributed by atoms with van der Waals surface area (Å²) in [5.41, 5.74) is 3.32. The number of rotatable bonds is 5. The highest BCUT2D eigenvalue weighted by Gasteiger charge is 2.29. The zero-order chi connectivity index (χ0) is 15.5. The minimum Gasteiger partial charge on any atom is -0.316 e. The smallest absolute Gasteiger partial charge is 0.229 e. The minimum atomic E-state index is 0.0254. The van der Waals surface area contributed by atoms with E-state index in [1.54, 1.807) is 0 Å². The van der Waals surface area contributed by atoms with Crippen LogP contribution in [0.25, 0.3) is 11.3 Å².